The predicted octanol–water partition coefficient (Wildman–Crippen LogP) is 5.27. The van der Waals surface area contributed by atoms with Crippen LogP contribution >= 0.6 is 23.2 Å². The molecule has 0 spiro atoms. The van der Waals surface area contributed by atoms with Gasteiger partial charge in [0.05, 0.1) is 34.0 Å². The number of ether oxygens (including phenoxy) is 1. The van der Waals surface area contributed by atoms with Crippen LogP contribution in [0.4, 0.5) is 0 Å². The number of carbonyl (C=O) groups is 2. The number of hydrogen-bond acceptors (Lipinski definition) is 3. The van der Waals surface area contributed by atoms with E-state index in [4.69, 9.17) is 27.9 Å². The van der Waals surface area contributed by atoms with Gasteiger partial charge in [-0.05, 0) is 75.3 Å². The normalized spacial score (nSPS) is 39.4. The number of carbonyl (C=O) groups excluding carboxylic acids is 2. The molecule has 3 unspecified atom stereocenters. The molecule has 4 nitrogen and oxygen atoms in total. The number of hydrogen-bond donors (Lipinski definition) is 0. The van der Waals surface area contributed by atoms with E-state index in [0.717, 1.165) is 37.7 Å². The Bertz CT molecular complexity index is 882. The maximum Gasteiger partial charge on any atom is 0.311 e. The van der Waals surface area contributed by atoms with E-state index in [1.54, 1.807) is 6.07 Å². The monoisotopic (exact) mass is 435 g/mol. The molecule has 4 bridgehead atoms. The molecule has 4 saturated carbocycles. The van der Waals surface area contributed by atoms with E-state index in [2.05, 4.69) is 4.90 Å². The Morgan fingerprint density at radius 3 is 2.41 bits per heavy atom. The van der Waals surface area contributed by atoms with Crippen LogP contribution in [-0.4, -0.2) is 29.9 Å². The summed E-state index contributed by atoms with van der Waals surface area (Å²) in [4.78, 5) is 28.0. The highest BCUT2D eigenvalue weighted by atomic mass is 35.5. The third-order valence-corrected chi connectivity index (χ3v) is 9.02. The van der Waals surface area contributed by atoms with Crippen molar-refractivity contribution >= 4 is 35.1 Å². The number of likely N-dealkylation sites (tertiary alicyclic amines) is 1. The maximum absolute atomic E-state index is 13.3. The highest BCUT2D eigenvalue weighted by Gasteiger charge is 2.66. The summed E-state index contributed by atoms with van der Waals surface area (Å²) in [6.45, 7) is 4.00. The number of nitrogens with zero attached hydrogens (tertiary/aromatic N) is 1. The van der Waals surface area contributed by atoms with Gasteiger partial charge in [0.25, 0.3) is 0 Å². The van der Waals surface area contributed by atoms with Crippen molar-refractivity contribution in [3.8, 4) is 0 Å². The lowest BCUT2D eigenvalue weighted by Crippen LogP contribution is -2.70. The number of rotatable bonds is 3. The van der Waals surface area contributed by atoms with Crippen molar-refractivity contribution in [2.24, 2.45) is 28.6 Å². The van der Waals surface area contributed by atoms with E-state index in [1.807, 2.05) is 26.0 Å². The van der Waals surface area contributed by atoms with Crippen molar-refractivity contribution in [3.05, 3.63) is 33.8 Å². The lowest BCUT2D eigenvalue weighted by Gasteiger charge is -2.66. The summed E-state index contributed by atoms with van der Waals surface area (Å²) in [6.07, 6.45) is 4.80. The average molecular weight is 436 g/mol. The molecule has 5 aliphatic rings. The molecule has 4 aliphatic carbocycles. The summed E-state index contributed by atoms with van der Waals surface area (Å²) in [5.41, 5.74) is 0.0810. The van der Waals surface area contributed by atoms with Crippen LogP contribution in [0.25, 0.3) is 0 Å². The fourth-order valence-electron chi connectivity index (χ4n) is 7.34. The molecule has 6 rings (SSSR count). The van der Waals surface area contributed by atoms with Gasteiger partial charge in [0.2, 0.25) is 5.91 Å². The number of methoxy groups -OCH3 is 1. The smallest absolute Gasteiger partial charge is 0.311 e. The molecule has 1 aliphatic heterocycles. The Hall–Kier alpha value is -1.26. The zero-order valence-corrected chi connectivity index (χ0v) is 18.6. The Morgan fingerprint density at radius 1 is 1.14 bits per heavy atom. The Morgan fingerprint density at radius 2 is 1.79 bits per heavy atom. The second-order valence-corrected chi connectivity index (χ2v) is 11.0. The molecular weight excluding hydrogens is 409 g/mol. The number of benzene rings is 1. The number of amides is 1. The van der Waals surface area contributed by atoms with Gasteiger partial charge >= 0.3 is 5.97 Å². The second kappa shape index (κ2) is 6.37. The number of halogens is 2. The molecule has 1 aromatic carbocycles. The quantitative estimate of drug-likeness (QED) is 0.479. The van der Waals surface area contributed by atoms with Gasteiger partial charge in [0.15, 0.2) is 0 Å². The van der Waals surface area contributed by atoms with Crippen molar-refractivity contribution in [2.45, 2.75) is 58.0 Å². The molecule has 6 heteroatoms. The van der Waals surface area contributed by atoms with Gasteiger partial charge in [-0.2, -0.15) is 0 Å². The maximum atomic E-state index is 13.3. The number of esters is 1. The van der Waals surface area contributed by atoms with Gasteiger partial charge in [-0.1, -0.05) is 35.3 Å². The standard InChI is InChI=1S/C23H27Cl2NO3/c1-22(2)19(15-5-4-6-16(24)17(15)25)26(20(22)27)18-13-7-12-8-14(18)11-23(9-12,10-13)21(28)29-3/h4-6,12-14,18-19H,7-11H2,1-3H3/t12?,13-,14?,18-,19?,23-/m0/s1. The SMILES string of the molecule is COC(=O)[C@]12CC3CC(C1)[C@@H](N1C(=O)C(C)(C)C1c1cccc(Cl)c1Cl)[C@@H](C3)C2. The Kier molecular flexibility index (Phi) is 4.32. The molecule has 1 aromatic rings. The van der Waals surface area contributed by atoms with Crippen LogP contribution in [0.5, 0.6) is 0 Å². The first-order valence-electron chi connectivity index (χ1n) is 10.5. The summed E-state index contributed by atoms with van der Waals surface area (Å²) in [5.74, 6) is 1.39. The topological polar surface area (TPSA) is 46.6 Å². The number of β-lactam (4-membered cyclic amide) rings is 1. The second-order valence-electron chi connectivity index (χ2n) is 10.2. The molecule has 1 amide bonds. The van der Waals surface area contributed by atoms with Crippen molar-refractivity contribution in [2.75, 3.05) is 7.11 Å². The predicted molar refractivity (Wildman–Crippen MR) is 112 cm³/mol. The van der Waals surface area contributed by atoms with Crippen molar-refractivity contribution in [1.29, 1.82) is 0 Å². The minimum Gasteiger partial charge on any atom is -0.469 e. The van der Waals surface area contributed by atoms with Crippen molar-refractivity contribution < 1.29 is 14.3 Å². The molecule has 29 heavy (non-hydrogen) atoms. The lowest BCUT2D eigenvalue weighted by atomic mass is 9.47. The van der Waals surface area contributed by atoms with Gasteiger partial charge in [0.1, 0.15) is 0 Å². The summed E-state index contributed by atoms with van der Waals surface area (Å²) >= 11 is 12.9. The van der Waals surface area contributed by atoms with E-state index in [-0.39, 0.29) is 29.4 Å². The summed E-state index contributed by atoms with van der Waals surface area (Å²) < 4.78 is 5.19. The third kappa shape index (κ3) is 2.57. The highest BCUT2D eigenvalue weighted by Crippen LogP contribution is 2.65. The molecule has 1 saturated heterocycles. The largest absolute Gasteiger partial charge is 0.469 e. The fraction of sp³-hybridized carbons (Fsp3) is 0.652. The van der Waals surface area contributed by atoms with Crippen LogP contribution in [0.1, 0.15) is 57.6 Å². The van der Waals surface area contributed by atoms with Crippen LogP contribution in [0.3, 0.4) is 0 Å². The van der Waals surface area contributed by atoms with Crippen LogP contribution in [0.15, 0.2) is 18.2 Å². The van der Waals surface area contributed by atoms with Crippen LogP contribution < -0.4 is 0 Å². The Balaban J connectivity index is 1.52. The zero-order valence-electron chi connectivity index (χ0n) is 17.1. The first-order valence-corrected chi connectivity index (χ1v) is 11.3. The highest BCUT2D eigenvalue weighted by molar-refractivity contribution is 6.42. The summed E-state index contributed by atoms with van der Waals surface area (Å²) in [6, 6.07) is 5.77. The van der Waals surface area contributed by atoms with Gasteiger partial charge < -0.3 is 9.64 Å². The van der Waals surface area contributed by atoms with E-state index >= 15 is 0 Å². The van der Waals surface area contributed by atoms with Crippen molar-refractivity contribution in [3.63, 3.8) is 0 Å². The van der Waals surface area contributed by atoms with Gasteiger partial charge in [0, 0.05) is 6.04 Å². The fourth-order valence-corrected chi connectivity index (χ4v) is 7.76. The molecular formula is C23H27Cl2NO3. The molecule has 6 atom stereocenters. The van der Waals surface area contributed by atoms with Crippen LogP contribution in [0, 0.1) is 28.6 Å². The molecule has 156 valence electrons. The molecule has 0 radical (unpaired) electrons. The first kappa shape index (κ1) is 19.7. The summed E-state index contributed by atoms with van der Waals surface area (Å²) in [7, 11) is 1.50. The molecule has 1 heterocycles. The van der Waals surface area contributed by atoms with E-state index in [9.17, 15) is 9.59 Å². The van der Waals surface area contributed by atoms with Gasteiger partial charge in [-0.3, -0.25) is 9.59 Å². The van der Waals surface area contributed by atoms with Crippen LogP contribution in [0.2, 0.25) is 10.0 Å². The minimum absolute atomic E-state index is 0.0555. The summed E-state index contributed by atoms with van der Waals surface area (Å²) in [5, 5.41) is 1.06. The Labute approximate surface area is 181 Å². The first-order chi connectivity index (χ1) is 13.7. The minimum atomic E-state index is -0.511. The molecule has 0 aromatic heterocycles. The molecule has 5 fully saturated rings. The van der Waals surface area contributed by atoms with E-state index in [1.165, 1.54) is 7.11 Å². The zero-order chi connectivity index (χ0) is 20.7. The van der Waals surface area contributed by atoms with E-state index in [0.29, 0.717) is 27.8 Å². The lowest BCUT2D eigenvalue weighted by molar-refractivity contribution is -0.203. The average Bonchev–Trinajstić information content (AvgIpc) is 2.68. The van der Waals surface area contributed by atoms with E-state index < -0.39 is 5.41 Å². The van der Waals surface area contributed by atoms with Gasteiger partial charge in [-0.25, -0.2) is 0 Å². The van der Waals surface area contributed by atoms with Crippen molar-refractivity contribution in [1.82, 2.24) is 4.90 Å². The molecule has 0 N–H and O–H groups in total. The van der Waals surface area contributed by atoms with Gasteiger partial charge in [-0.15, -0.1) is 0 Å². The van der Waals surface area contributed by atoms with Crippen LogP contribution in [-0.2, 0) is 14.3 Å². The third-order valence-electron chi connectivity index (χ3n) is 8.19.